The molecule has 1 aromatic rings. The quantitative estimate of drug-likeness (QED) is 0.760. The number of carbonyl (C=O) groups is 2. The Morgan fingerprint density at radius 3 is 2.67 bits per heavy atom. The number of carbonyl (C=O) groups excluding carboxylic acids is 2. The van der Waals surface area contributed by atoms with Crippen LogP contribution in [0.5, 0.6) is 0 Å². The van der Waals surface area contributed by atoms with E-state index in [9.17, 15) is 14.7 Å². The second kappa shape index (κ2) is 5.20. The number of fused-ring (bicyclic) bond motifs is 1. The Morgan fingerprint density at radius 2 is 2.05 bits per heavy atom. The molecule has 1 fully saturated rings. The van der Waals surface area contributed by atoms with Crippen LogP contribution in [0.2, 0.25) is 5.02 Å². The maximum Gasteiger partial charge on any atom is 0.257 e. The van der Waals surface area contributed by atoms with Gasteiger partial charge in [-0.05, 0) is 25.0 Å². The third kappa shape index (κ3) is 2.45. The van der Waals surface area contributed by atoms with Crippen molar-refractivity contribution in [2.75, 3.05) is 23.3 Å². The van der Waals surface area contributed by atoms with E-state index < -0.39 is 12.0 Å². The number of benzene rings is 1. The van der Waals surface area contributed by atoms with E-state index >= 15 is 0 Å². The van der Waals surface area contributed by atoms with Crippen molar-refractivity contribution in [3.63, 3.8) is 0 Å². The number of piperidine rings is 1. The zero-order valence-corrected chi connectivity index (χ0v) is 12.1. The van der Waals surface area contributed by atoms with Crippen molar-refractivity contribution in [1.82, 2.24) is 0 Å². The lowest BCUT2D eigenvalue weighted by Gasteiger charge is -2.33. The second-order valence-electron chi connectivity index (χ2n) is 5.45. The van der Waals surface area contributed by atoms with Crippen LogP contribution in [-0.2, 0) is 9.59 Å². The number of amides is 2. The summed E-state index contributed by atoms with van der Waals surface area (Å²) in [7, 11) is 0. The lowest BCUT2D eigenvalue weighted by molar-refractivity contribution is -0.123. The number of aliphatic hydroxyl groups excluding tert-OH is 1. The molecular formula is C14H16ClN3O3. The molecule has 1 unspecified atom stereocenters. The number of anilines is 2. The SMILES string of the molecule is NC(=O)C1CCN(c2cc3c(cc2Cl)C(O)C(=O)N3)CC1. The average molecular weight is 310 g/mol. The van der Waals surface area contributed by atoms with Crippen molar-refractivity contribution < 1.29 is 14.7 Å². The van der Waals surface area contributed by atoms with Gasteiger partial charge in [0.2, 0.25) is 5.91 Å². The third-order valence-corrected chi connectivity index (χ3v) is 4.46. The summed E-state index contributed by atoms with van der Waals surface area (Å²) in [5, 5.41) is 12.9. The van der Waals surface area contributed by atoms with Crippen molar-refractivity contribution in [1.29, 1.82) is 0 Å². The first-order chi connectivity index (χ1) is 9.97. The Labute approximate surface area is 126 Å². The van der Waals surface area contributed by atoms with E-state index in [1.165, 1.54) is 0 Å². The molecule has 1 aromatic carbocycles. The van der Waals surface area contributed by atoms with Gasteiger partial charge in [-0.2, -0.15) is 0 Å². The monoisotopic (exact) mass is 309 g/mol. The van der Waals surface area contributed by atoms with Gasteiger partial charge < -0.3 is 21.1 Å². The van der Waals surface area contributed by atoms with E-state index in [0.717, 1.165) is 5.69 Å². The van der Waals surface area contributed by atoms with Crippen LogP contribution < -0.4 is 16.0 Å². The van der Waals surface area contributed by atoms with Crippen LogP contribution in [0.4, 0.5) is 11.4 Å². The Bertz CT molecular complexity index is 612. The molecule has 0 bridgehead atoms. The molecule has 0 saturated carbocycles. The molecule has 1 saturated heterocycles. The van der Waals surface area contributed by atoms with Gasteiger partial charge in [0.05, 0.1) is 10.7 Å². The van der Waals surface area contributed by atoms with Gasteiger partial charge in [-0.15, -0.1) is 0 Å². The maximum absolute atomic E-state index is 11.5. The predicted octanol–water partition coefficient (Wildman–Crippen LogP) is 1.03. The molecule has 112 valence electrons. The molecule has 2 aliphatic heterocycles. The first-order valence-electron chi connectivity index (χ1n) is 6.84. The first-order valence-corrected chi connectivity index (χ1v) is 7.22. The third-order valence-electron chi connectivity index (χ3n) is 4.16. The Hall–Kier alpha value is -1.79. The number of nitrogens with one attached hydrogen (secondary N) is 1. The summed E-state index contributed by atoms with van der Waals surface area (Å²) >= 11 is 6.27. The number of aliphatic hydroxyl groups is 1. The highest BCUT2D eigenvalue weighted by Crippen LogP contribution is 2.39. The molecule has 21 heavy (non-hydrogen) atoms. The van der Waals surface area contributed by atoms with Gasteiger partial charge in [-0.25, -0.2) is 0 Å². The van der Waals surface area contributed by atoms with Crippen LogP contribution in [0.25, 0.3) is 0 Å². The first kappa shape index (κ1) is 14.2. The summed E-state index contributed by atoms with van der Waals surface area (Å²) < 4.78 is 0. The van der Waals surface area contributed by atoms with E-state index in [1.54, 1.807) is 12.1 Å². The molecule has 2 amide bonds. The number of hydrogen-bond acceptors (Lipinski definition) is 4. The Balaban J connectivity index is 1.83. The fraction of sp³-hybridized carbons (Fsp3) is 0.429. The number of nitrogens with two attached hydrogens (primary N) is 1. The minimum absolute atomic E-state index is 0.0871. The van der Waals surface area contributed by atoms with E-state index in [1.807, 2.05) is 0 Å². The van der Waals surface area contributed by atoms with E-state index in [4.69, 9.17) is 17.3 Å². The summed E-state index contributed by atoms with van der Waals surface area (Å²) in [6.45, 7) is 1.37. The van der Waals surface area contributed by atoms with Crippen molar-refractivity contribution in [3.8, 4) is 0 Å². The largest absolute Gasteiger partial charge is 0.378 e. The summed E-state index contributed by atoms with van der Waals surface area (Å²) in [5.41, 5.74) is 7.21. The van der Waals surface area contributed by atoms with Crippen LogP contribution in [-0.4, -0.2) is 30.0 Å². The second-order valence-corrected chi connectivity index (χ2v) is 5.85. The molecule has 6 nitrogen and oxygen atoms in total. The average Bonchev–Trinajstić information content (AvgIpc) is 2.73. The standard InChI is InChI=1S/C14H16ClN3O3/c15-9-5-8-10(17-14(21)12(8)19)6-11(9)18-3-1-7(2-4-18)13(16)20/h5-7,12,19H,1-4H2,(H2,16,20)(H,17,21). The van der Waals surface area contributed by atoms with Crippen molar-refractivity contribution in [3.05, 3.63) is 22.7 Å². The molecule has 3 rings (SSSR count). The van der Waals surface area contributed by atoms with Crippen molar-refractivity contribution in [2.45, 2.75) is 18.9 Å². The normalized spacial score (nSPS) is 22.1. The van der Waals surface area contributed by atoms with Gasteiger partial charge in [0.1, 0.15) is 0 Å². The predicted molar refractivity (Wildman–Crippen MR) is 79.2 cm³/mol. The highest BCUT2D eigenvalue weighted by atomic mass is 35.5. The maximum atomic E-state index is 11.5. The van der Waals surface area contributed by atoms with E-state index in [2.05, 4.69) is 10.2 Å². The molecule has 1 atom stereocenters. The molecule has 0 spiro atoms. The molecule has 2 heterocycles. The van der Waals surface area contributed by atoms with Crippen molar-refractivity contribution in [2.24, 2.45) is 11.7 Å². The van der Waals surface area contributed by atoms with Crippen LogP contribution in [0.3, 0.4) is 0 Å². The lowest BCUT2D eigenvalue weighted by atomic mass is 9.95. The highest BCUT2D eigenvalue weighted by molar-refractivity contribution is 6.33. The molecule has 0 aliphatic carbocycles. The fourth-order valence-electron chi connectivity index (χ4n) is 2.90. The summed E-state index contributed by atoms with van der Waals surface area (Å²) in [6.07, 6.45) is 0.224. The molecular weight excluding hydrogens is 294 g/mol. The number of rotatable bonds is 2. The van der Waals surface area contributed by atoms with E-state index in [0.29, 0.717) is 42.2 Å². The number of primary amides is 1. The van der Waals surface area contributed by atoms with Gasteiger partial charge in [-0.1, -0.05) is 11.6 Å². The minimum atomic E-state index is -1.16. The van der Waals surface area contributed by atoms with Crippen LogP contribution in [0.15, 0.2) is 12.1 Å². The smallest absolute Gasteiger partial charge is 0.257 e. The molecule has 7 heteroatoms. The van der Waals surface area contributed by atoms with Gasteiger partial charge >= 0.3 is 0 Å². The van der Waals surface area contributed by atoms with Crippen LogP contribution in [0.1, 0.15) is 24.5 Å². The topological polar surface area (TPSA) is 95.7 Å². The lowest BCUT2D eigenvalue weighted by Crippen LogP contribution is -2.38. The van der Waals surface area contributed by atoms with Gasteiger partial charge in [0.15, 0.2) is 6.10 Å². The van der Waals surface area contributed by atoms with Crippen LogP contribution in [0, 0.1) is 5.92 Å². The Morgan fingerprint density at radius 1 is 1.38 bits per heavy atom. The highest BCUT2D eigenvalue weighted by Gasteiger charge is 2.31. The Kier molecular flexibility index (Phi) is 3.51. The zero-order chi connectivity index (χ0) is 15.1. The van der Waals surface area contributed by atoms with E-state index in [-0.39, 0.29) is 11.8 Å². The number of nitrogens with zero attached hydrogens (tertiary/aromatic N) is 1. The molecule has 0 radical (unpaired) electrons. The summed E-state index contributed by atoms with van der Waals surface area (Å²) in [4.78, 5) is 24.7. The van der Waals surface area contributed by atoms with Crippen molar-refractivity contribution >= 4 is 34.8 Å². The number of halogens is 1. The van der Waals surface area contributed by atoms with Gasteiger partial charge in [-0.3, -0.25) is 9.59 Å². The van der Waals surface area contributed by atoms with Gasteiger partial charge in [0, 0.05) is 30.3 Å². The minimum Gasteiger partial charge on any atom is -0.378 e. The zero-order valence-electron chi connectivity index (χ0n) is 11.3. The summed E-state index contributed by atoms with van der Waals surface area (Å²) in [6, 6.07) is 3.39. The molecule has 0 aromatic heterocycles. The molecule has 2 aliphatic rings. The van der Waals surface area contributed by atoms with Gasteiger partial charge in [0.25, 0.3) is 5.91 Å². The number of hydrogen-bond donors (Lipinski definition) is 3. The molecule has 4 N–H and O–H groups in total. The summed E-state index contributed by atoms with van der Waals surface area (Å²) in [5.74, 6) is -0.785. The fourth-order valence-corrected chi connectivity index (χ4v) is 3.19. The van der Waals surface area contributed by atoms with Crippen LogP contribution >= 0.6 is 11.6 Å².